The molecule has 108 valence electrons. The van der Waals surface area contributed by atoms with E-state index in [1.165, 1.54) is 16.2 Å². The number of rotatable bonds is 2. The van der Waals surface area contributed by atoms with Gasteiger partial charge >= 0.3 is 0 Å². The third-order valence-electron chi connectivity index (χ3n) is 3.55. The van der Waals surface area contributed by atoms with Crippen LogP contribution in [0.25, 0.3) is 0 Å². The molecule has 0 radical (unpaired) electrons. The summed E-state index contributed by atoms with van der Waals surface area (Å²) in [5, 5.41) is 9.81. The summed E-state index contributed by atoms with van der Waals surface area (Å²) < 4.78 is 0. The van der Waals surface area contributed by atoms with E-state index in [2.05, 4.69) is 20.9 Å². The minimum atomic E-state index is 0.626. The second-order valence-electron chi connectivity index (χ2n) is 5.14. The molecule has 0 aliphatic carbocycles. The van der Waals surface area contributed by atoms with Crippen LogP contribution < -0.4 is 15.5 Å². The summed E-state index contributed by atoms with van der Waals surface area (Å²) in [5.41, 5.74) is 7.69. The summed E-state index contributed by atoms with van der Waals surface area (Å²) in [7, 11) is 3.85. The minimum Gasteiger partial charge on any atom is -0.389 e. The monoisotopic (exact) mass is 300 g/mol. The zero-order valence-corrected chi connectivity index (χ0v) is 12.8. The van der Waals surface area contributed by atoms with Gasteiger partial charge in [-0.15, -0.1) is 11.3 Å². The van der Waals surface area contributed by atoms with Crippen LogP contribution in [0.3, 0.4) is 0 Å². The van der Waals surface area contributed by atoms with Gasteiger partial charge in [0.25, 0.3) is 0 Å². The van der Waals surface area contributed by atoms with Gasteiger partial charge in [0.15, 0.2) is 0 Å². The molecular formula is C14H16N6S. The molecule has 3 heterocycles. The zero-order valence-electron chi connectivity index (χ0n) is 12.0. The highest BCUT2D eigenvalue weighted by molar-refractivity contribution is 7.16. The molecule has 0 spiro atoms. The van der Waals surface area contributed by atoms with Crippen LogP contribution in [0.4, 0.5) is 16.8 Å². The molecule has 2 N–H and O–H groups in total. The lowest BCUT2D eigenvalue weighted by molar-refractivity contribution is 0.729. The summed E-state index contributed by atoms with van der Waals surface area (Å²) >= 11 is 1.51. The number of fused-ring (bicyclic) bond motifs is 1. The van der Waals surface area contributed by atoms with E-state index >= 15 is 0 Å². The van der Waals surface area contributed by atoms with Gasteiger partial charge in [-0.25, -0.2) is 4.98 Å². The Bertz CT molecular complexity index is 715. The van der Waals surface area contributed by atoms with Crippen molar-refractivity contribution < 1.29 is 0 Å². The van der Waals surface area contributed by atoms with E-state index in [9.17, 15) is 5.26 Å². The second kappa shape index (κ2) is 5.22. The van der Waals surface area contributed by atoms with Crippen LogP contribution in [0, 0.1) is 11.3 Å². The topological polar surface area (TPSA) is 82.1 Å². The Labute approximate surface area is 127 Å². The van der Waals surface area contributed by atoms with Crippen molar-refractivity contribution in [2.75, 3.05) is 36.2 Å². The van der Waals surface area contributed by atoms with E-state index < -0.39 is 0 Å². The zero-order chi connectivity index (χ0) is 15.0. The molecule has 1 aliphatic heterocycles. The summed E-state index contributed by atoms with van der Waals surface area (Å²) in [4.78, 5) is 14.1. The fourth-order valence-corrected chi connectivity index (χ4v) is 3.56. The molecule has 21 heavy (non-hydrogen) atoms. The Balaban J connectivity index is 1.90. The molecule has 0 atom stereocenters. The van der Waals surface area contributed by atoms with Crippen LogP contribution >= 0.6 is 11.3 Å². The smallest absolute Gasteiger partial charge is 0.226 e. The maximum Gasteiger partial charge on any atom is 0.226 e. The first-order chi connectivity index (χ1) is 10.1. The third-order valence-corrected chi connectivity index (χ3v) is 4.59. The number of hydrogen-bond donors (Lipinski definition) is 1. The van der Waals surface area contributed by atoms with Gasteiger partial charge in [-0.2, -0.15) is 10.2 Å². The first kappa shape index (κ1) is 13.6. The molecule has 2 aromatic rings. The van der Waals surface area contributed by atoms with E-state index in [-0.39, 0.29) is 0 Å². The molecule has 0 saturated heterocycles. The van der Waals surface area contributed by atoms with Gasteiger partial charge in [0.1, 0.15) is 16.9 Å². The Kier molecular flexibility index (Phi) is 3.39. The third kappa shape index (κ3) is 2.38. The van der Waals surface area contributed by atoms with E-state index in [1.807, 2.05) is 25.1 Å². The van der Waals surface area contributed by atoms with Crippen LogP contribution in [-0.2, 0) is 13.0 Å². The summed E-state index contributed by atoms with van der Waals surface area (Å²) in [6.45, 7) is 1.58. The average molecular weight is 300 g/mol. The number of nitriles is 1. The van der Waals surface area contributed by atoms with Crippen molar-refractivity contribution in [1.29, 1.82) is 5.26 Å². The van der Waals surface area contributed by atoms with E-state index in [0.29, 0.717) is 16.5 Å². The SMILES string of the molecule is CN(C)c1nccc(N2CCc3c(sc(N)c3C#N)C2)n1. The fraction of sp³-hybridized carbons (Fsp3) is 0.357. The van der Waals surface area contributed by atoms with Gasteiger partial charge < -0.3 is 15.5 Å². The number of aromatic nitrogens is 2. The standard InChI is InChI=1S/C14H16N6S/c1-19(2)14-17-5-3-12(18-14)20-6-4-9-10(7-15)13(16)21-11(9)8-20/h3,5H,4,6,8,16H2,1-2H3. The first-order valence-electron chi connectivity index (χ1n) is 6.65. The molecule has 3 rings (SSSR count). The Hall–Kier alpha value is -2.33. The Morgan fingerprint density at radius 3 is 3.00 bits per heavy atom. The van der Waals surface area contributed by atoms with Gasteiger partial charge in [0.05, 0.1) is 12.1 Å². The first-order valence-corrected chi connectivity index (χ1v) is 7.47. The predicted molar refractivity (Wildman–Crippen MR) is 84.6 cm³/mol. The van der Waals surface area contributed by atoms with Crippen molar-refractivity contribution >= 4 is 28.1 Å². The van der Waals surface area contributed by atoms with Crippen molar-refractivity contribution in [3.63, 3.8) is 0 Å². The molecule has 0 bridgehead atoms. The minimum absolute atomic E-state index is 0.626. The van der Waals surface area contributed by atoms with Gasteiger partial charge in [0, 0.05) is 31.7 Å². The largest absolute Gasteiger partial charge is 0.389 e. The highest BCUT2D eigenvalue weighted by Crippen LogP contribution is 2.35. The van der Waals surface area contributed by atoms with E-state index in [0.717, 1.165) is 30.9 Å². The molecule has 2 aromatic heterocycles. The number of anilines is 3. The molecule has 0 amide bonds. The van der Waals surface area contributed by atoms with Gasteiger partial charge in [0.2, 0.25) is 5.95 Å². The molecule has 0 saturated carbocycles. The number of nitrogens with two attached hydrogens (primary N) is 1. The molecule has 0 fully saturated rings. The lowest BCUT2D eigenvalue weighted by Crippen LogP contribution is -2.30. The summed E-state index contributed by atoms with van der Waals surface area (Å²) in [6, 6.07) is 4.13. The van der Waals surface area contributed by atoms with Gasteiger partial charge in [-0.1, -0.05) is 0 Å². The number of nitrogens with zero attached hydrogens (tertiary/aromatic N) is 5. The quantitative estimate of drug-likeness (QED) is 0.907. The van der Waals surface area contributed by atoms with Crippen molar-refractivity contribution in [2.45, 2.75) is 13.0 Å². The Morgan fingerprint density at radius 1 is 1.48 bits per heavy atom. The van der Waals surface area contributed by atoms with Crippen LogP contribution in [0.2, 0.25) is 0 Å². The van der Waals surface area contributed by atoms with Gasteiger partial charge in [-0.3, -0.25) is 0 Å². The maximum atomic E-state index is 9.18. The Morgan fingerprint density at radius 2 is 2.29 bits per heavy atom. The highest BCUT2D eigenvalue weighted by atomic mass is 32.1. The second-order valence-corrected chi connectivity index (χ2v) is 6.27. The van der Waals surface area contributed by atoms with Crippen molar-refractivity contribution in [3.8, 4) is 6.07 Å². The van der Waals surface area contributed by atoms with Crippen molar-refractivity contribution in [1.82, 2.24) is 9.97 Å². The normalized spacial score (nSPS) is 13.7. The molecule has 1 aliphatic rings. The lowest BCUT2D eigenvalue weighted by atomic mass is 10.0. The molecular weight excluding hydrogens is 284 g/mol. The highest BCUT2D eigenvalue weighted by Gasteiger charge is 2.24. The number of nitrogen functional groups attached to an aromatic ring is 1. The fourth-order valence-electron chi connectivity index (χ4n) is 2.47. The molecule has 6 nitrogen and oxygen atoms in total. The van der Waals surface area contributed by atoms with Crippen LogP contribution in [-0.4, -0.2) is 30.6 Å². The summed E-state index contributed by atoms with van der Waals surface area (Å²) in [5.74, 6) is 1.60. The molecule has 7 heteroatoms. The van der Waals surface area contributed by atoms with Crippen molar-refractivity contribution in [3.05, 3.63) is 28.3 Å². The van der Waals surface area contributed by atoms with Gasteiger partial charge in [-0.05, 0) is 18.1 Å². The molecule has 0 aromatic carbocycles. The van der Waals surface area contributed by atoms with Crippen molar-refractivity contribution in [2.24, 2.45) is 0 Å². The van der Waals surface area contributed by atoms with Crippen LogP contribution in [0.1, 0.15) is 16.0 Å². The lowest BCUT2D eigenvalue weighted by Gasteiger charge is -2.28. The van der Waals surface area contributed by atoms with Crippen LogP contribution in [0.15, 0.2) is 12.3 Å². The number of thiophene rings is 1. The predicted octanol–water partition coefficient (Wildman–Crippen LogP) is 1.62. The maximum absolute atomic E-state index is 9.18. The summed E-state index contributed by atoms with van der Waals surface area (Å²) in [6.07, 6.45) is 2.60. The number of hydrogen-bond acceptors (Lipinski definition) is 7. The molecule has 0 unspecified atom stereocenters. The average Bonchev–Trinajstić information content (AvgIpc) is 2.81. The van der Waals surface area contributed by atoms with E-state index in [4.69, 9.17) is 5.73 Å². The van der Waals surface area contributed by atoms with E-state index in [1.54, 1.807) is 6.20 Å². The van der Waals surface area contributed by atoms with Crippen LogP contribution in [0.5, 0.6) is 0 Å².